The van der Waals surface area contributed by atoms with E-state index in [1.165, 1.54) is 0 Å². The number of rotatable bonds is 14. The molecule has 2 bridgehead atoms. The maximum absolute atomic E-state index is 15.0. The van der Waals surface area contributed by atoms with Crippen molar-refractivity contribution in [3.05, 3.63) is 61.2 Å². The average molecular weight is 624 g/mol. The van der Waals surface area contributed by atoms with Crippen LogP contribution < -0.4 is 0 Å². The Morgan fingerprint density at radius 1 is 1.07 bits per heavy atom. The zero-order chi connectivity index (χ0) is 32.4. The Labute approximate surface area is 269 Å². The molecule has 1 aromatic carbocycles. The van der Waals surface area contributed by atoms with Crippen LogP contribution in [-0.2, 0) is 20.9 Å². The molecule has 242 valence electrons. The van der Waals surface area contributed by atoms with Gasteiger partial charge in [-0.1, -0.05) is 70.2 Å². The molecule has 3 fully saturated rings. The largest absolute Gasteiger partial charge is 0.396 e. The predicted molar refractivity (Wildman–Crippen MR) is 179 cm³/mol. The van der Waals surface area contributed by atoms with Crippen LogP contribution in [0.5, 0.6) is 0 Å². The molecule has 3 amide bonds. The number of amides is 3. The zero-order valence-corrected chi connectivity index (χ0v) is 28.4. The van der Waals surface area contributed by atoms with Crippen LogP contribution in [0, 0.1) is 23.2 Å². The molecule has 0 saturated carbocycles. The van der Waals surface area contributed by atoms with Gasteiger partial charge < -0.3 is 19.8 Å². The normalized spacial score (nSPS) is 27.8. The number of unbranched alkanes of at least 4 members (excludes halogenated alkanes) is 1. The minimum absolute atomic E-state index is 0.0188. The molecular formula is C36H53N3O4S. The lowest BCUT2D eigenvalue weighted by Gasteiger charge is -2.47. The molecule has 0 aromatic heterocycles. The topological polar surface area (TPSA) is 81.2 Å². The number of carbonyl (C=O) groups is 3. The number of benzene rings is 1. The van der Waals surface area contributed by atoms with Crippen molar-refractivity contribution in [3.8, 4) is 0 Å². The summed E-state index contributed by atoms with van der Waals surface area (Å²) >= 11 is 1.72. The number of carbonyl (C=O) groups excluding carboxylic acids is 3. The summed E-state index contributed by atoms with van der Waals surface area (Å²) in [6.07, 6.45) is 6.23. The van der Waals surface area contributed by atoms with Crippen LogP contribution in [0.3, 0.4) is 0 Å². The van der Waals surface area contributed by atoms with Gasteiger partial charge in [0.05, 0.1) is 16.6 Å². The van der Waals surface area contributed by atoms with Crippen LogP contribution in [0.2, 0.25) is 0 Å². The summed E-state index contributed by atoms with van der Waals surface area (Å²) in [5, 5.41) is 9.53. The molecule has 3 heterocycles. The highest BCUT2D eigenvalue weighted by Gasteiger charge is 2.76. The van der Waals surface area contributed by atoms with E-state index in [0.29, 0.717) is 39.0 Å². The van der Waals surface area contributed by atoms with Crippen molar-refractivity contribution < 1.29 is 19.5 Å². The molecule has 1 N–H and O–H groups in total. The van der Waals surface area contributed by atoms with E-state index >= 15 is 0 Å². The summed E-state index contributed by atoms with van der Waals surface area (Å²) in [4.78, 5) is 49.6. The molecule has 7 nitrogen and oxygen atoms in total. The molecule has 3 unspecified atom stereocenters. The molecule has 1 aromatic rings. The van der Waals surface area contributed by atoms with Gasteiger partial charge in [0, 0.05) is 43.6 Å². The Kier molecular flexibility index (Phi) is 10.5. The molecule has 3 aliphatic heterocycles. The Morgan fingerprint density at radius 2 is 1.73 bits per heavy atom. The van der Waals surface area contributed by atoms with Crippen LogP contribution in [0.15, 0.2) is 55.6 Å². The minimum Gasteiger partial charge on any atom is -0.396 e. The van der Waals surface area contributed by atoms with Gasteiger partial charge in [0.25, 0.3) is 0 Å². The molecule has 1 spiro atoms. The van der Waals surface area contributed by atoms with E-state index in [-0.39, 0.29) is 40.9 Å². The van der Waals surface area contributed by atoms with Crippen molar-refractivity contribution in [2.75, 3.05) is 26.2 Å². The van der Waals surface area contributed by atoms with Crippen molar-refractivity contribution in [3.63, 3.8) is 0 Å². The third-order valence-electron chi connectivity index (χ3n) is 9.72. The number of aliphatic hydroxyl groups excluding tert-OH is 1. The number of aliphatic hydroxyl groups is 1. The van der Waals surface area contributed by atoms with Crippen molar-refractivity contribution >= 4 is 29.5 Å². The third-order valence-corrected chi connectivity index (χ3v) is 11.8. The number of likely N-dealkylation sites (tertiary alicyclic amines) is 1. The molecule has 4 rings (SSSR count). The first-order valence-electron chi connectivity index (χ1n) is 16.2. The quantitative estimate of drug-likeness (QED) is 0.218. The maximum Gasteiger partial charge on any atom is 0.247 e. The van der Waals surface area contributed by atoms with E-state index in [9.17, 15) is 19.5 Å². The van der Waals surface area contributed by atoms with Crippen molar-refractivity contribution in [2.45, 2.75) is 95.3 Å². The molecule has 0 radical (unpaired) electrons. The fourth-order valence-corrected chi connectivity index (χ4v) is 10.8. The second kappa shape index (κ2) is 13.4. The highest BCUT2D eigenvalue weighted by molar-refractivity contribution is 8.02. The van der Waals surface area contributed by atoms with Gasteiger partial charge in [-0.2, -0.15) is 0 Å². The van der Waals surface area contributed by atoms with Gasteiger partial charge >= 0.3 is 0 Å². The number of fused-ring (bicyclic) bond motifs is 1. The Morgan fingerprint density at radius 3 is 2.32 bits per heavy atom. The second-order valence-corrected chi connectivity index (χ2v) is 16.3. The monoisotopic (exact) mass is 623 g/mol. The van der Waals surface area contributed by atoms with Crippen LogP contribution in [0.4, 0.5) is 0 Å². The lowest BCUT2D eigenvalue weighted by Crippen LogP contribution is -2.61. The summed E-state index contributed by atoms with van der Waals surface area (Å²) in [7, 11) is 0. The van der Waals surface area contributed by atoms with Gasteiger partial charge in [-0.3, -0.25) is 14.4 Å². The highest BCUT2D eigenvalue weighted by Crippen LogP contribution is 2.69. The number of hydrogen-bond donors (Lipinski definition) is 1. The Bertz CT molecular complexity index is 1230. The molecule has 0 aliphatic carbocycles. The fourth-order valence-electron chi connectivity index (χ4n) is 8.42. The van der Waals surface area contributed by atoms with E-state index in [1.54, 1.807) is 28.8 Å². The summed E-state index contributed by atoms with van der Waals surface area (Å²) in [6, 6.07) is 9.23. The van der Waals surface area contributed by atoms with Gasteiger partial charge in [-0.05, 0) is 56.4 Å². The van der Waals surface area contributed by atoms with E-state index in [1.807, 2.05) is 40.1 Å². The highest BCUT2D eigenvalue weighted by atomic mass is 32.2. The number of hydrogen-bond acceptors (Lipinski definition) is 5. The SMILES string of the molecule is C=CCN(Cc1ccccc1)C(=O)[C@@H]1[C@@H]2CC(C)C3(S2)C(C(=O)N(CC=C)C(C)(C)CC(C)(C)C)N(CCCCO)C(=O)[C@H]13. The van der Waals surface area contributed by atoms with Crippen molar-refractivity contribution in [1.82, 2.24) is 14.7 Å². The lowest BCUT2D eigenvalue weighted by atomic mass is 9.65. The second-order valence-electron chi connectivity index (χ2n) is 14.8. The summed E-state index contributed by atoms with van der Waals surface area (Å²) in [5.41, 5.74) is 0.530. The third kappa shape index (κ3) is 6.39. The first-order valence-corrected chi connectivity index (χ1v) is 17.1. The number of thioether (sulfide) groups is 1. The van der Waals surface area contributed by atoms with Crippen molar-refractivity contribution in [2.24, 2.45) is 23.2 Å². The van der Waals surface area contributed by atoms with E-state index in [2.05, 4.69) is 54.7 Å². The summed E-state index contributed by atoms with van der Waals surface area (Å²) in [6.45, 7) is 22.4. The number of nitrogens with zero attached hydrogens (tertiary/aromatic N) is 3. The van der Waals surface area contributed by atoms with Gasteiger partial charge in [-0.15, -0.1) is 24.9 Å². The molecule has 3 aliphatic rings. The van der Waals surface area contributed by atoms with E-state index < -0.39 is 28.2 Å². The lowest BCUT2D eigenvalue weighted by molar-refractivity contribution is -0.147. The van der Waals surface area contributed by atoms with Gasteiger partial charge in [0.15, 0.2) is 0 Å². The average Bonchev–Trinajstić information content (AvgIpc) is 3.53. The molecule has 8 heteroatoms. The molecule has 3 saturated heterocycles. The van der Waals surface area contributed by atoms with Crippen LogP contribution in [0.1, 0.15) is 72.8 Å². The van der Waals surface area contributed by atoms with Gasteiger partial charge in [-0.25, -0.2) is 0 Å². The van der Waals surface area contributed by atoms with Gasteiger partial charge in [0.2, 0.25) is 17.7 Å². The predicted octanol–water partition coefficient (Wildman–Crippen LogP) is 5.54. The standard InChI is InChI=1S/C36H53N3O4S/c1-9-18-37(23-26-16-12-11-13-17-26)31(41)28-27-22-25(3)36(44-27)29(28)32(42)38(20-14-15-21-40)30(36)33(43)39(19-10-2)35(7,8)24-34(4,5)6/h9-13,16-17,25,27-30,40H,1-2,14-15,18-24H2,3-8H3/t25?,27-,28+,29-,30?,36?/m0/s1. The maximum atomic E-state index is 15.0. The van der Waals surface area contributed by atoms with Crippen LogP contribution in [0.25, 0.3) is 0 Å². The first kappa shape index (κ1) is 34.3. The molecular weight excluding hydrogens is 570 g/mol. The first-order chi connectivity index (χ1) is 20.7. The van der Waals surface area contributed by atoms with Crippen molar-refractivity contribution in [1.29, 1.82) is 0 Å². The van der Waals surface area contributed by atoms with E-state index in [4.69, 9.17) is 0 Å². The van der Waals surface area contributed by atoms with Crippen LogP contribution in [-0.4, -0.2) is 85.3 Å². The van der Waals surface area contributed by atoms with Gasteiger partial charge in [0.1, 0.15) is 6.04 Å². The molecule has 6 atom stereocenters. The minimum atomic E-state index is -0.692. The fraction of sp³-hybridized carbons (Fsp3) is 0.639. The Hall–Kier alpha value is -2.58. The zero-order valence-electron chi connectivity index (χ0n) is 27.6. The van der Waals surface area contributed by atoms with E-state index in [0.717, 1.165) is 18.4 Å². The summed E-state index contributed by atoms with van der Waals surface area (Å²) < 4.78 is -0.692. The molecule has 44 heavy (non-hydrogen) atoms. The smallest absolute Gasteiger partial charge is 0.247 e. The summed E-state index contributed by atoms with van der Waals surface area (Å²) in [5.74, 6) is -1.16. The van der Waals surface area contributed by atoms with Crippen LogP contribution >= 0.6 is 11.8 Å². The Balaban J connectivity index is 1.77.